The Morgan fingerprint density at radius 3 is 1.86 bits per heavy atom. The molecule has 0 aromatic rings. The van der Waals surface area contributed by atoms with Gasteiger partial charge >= 0.3 is 5.97 Å². The van der Waals surface area contributed by atoms with Crippen molar-refractivity contribution in [2.75, 3.05) is 13.6 Å². The minimum atomic E-state index is -0.367. The average Bonchev–Trinajstić information content (AvgIpc) is 1.80. The van der Waals surface area contributed by atoms with Gasteiger partial charge in [-0.2, -0.15) is 0 Å². The topological polar surface area (TPSA) is 38.3 Å². The van der Waals surface area contributed by atoms with Crippen molar-refractivity contribution >= 4 is 5.97 Å². The third-order valence-electron chi connectivity index (χ3n) is 0.741. The smallest absolute Gasteiger partial charge is 0.320 e. The third kappa shape index (κ3) is 22.5. The Morgan fingerprint density at radius 1 is 1.29 bits per heavy atom. The van der Waals surface area contributed by atoms with Gasteiger partial charge in [-0.15, -0.1) is 0 Å². The van der Waals surface area contributed by atoms with Gasteiger partial charge in [-0.1, -0.05) is 20.8 Å². The molecule has 0 amide bonds. The van der Waals surface area contributed by atoms with Crippen LogP contribution in [0, 0.1) is 5.92 Å². The van der Waals surface area contributed by atoms with Crippen LogP contribution in [0.2, 0.25) is 0 Å². The maximum absolute atomic E-state index is 10.8. The van der Waals surface area contributed by atoms with Gasteiger partial charge in [0.1, 0.15) is 5.60 Å². The fourth-order valence-electron chi connectivity index (χ4n) is 0.522. The quantitative estimate of drug-likeness (QED) is 0.699. The molecule has 0 aromatic carbocycles. The maximum atomic E-state index is 10.8. The molecule has 0 saturated carbocycles. The molecule has 0 heterocycles. The molecule has 0 fully saturated rings. The van der Waals surface area contributed by atoms with E-state index in [1.165, 1.54) is 0 Å². The van der Waals surface area contributed by atoms with E-state index >= 15 is 0 Å². The number of hydrogen-bond donors (Lipinski definition) is 1. The largest absolute Gasteiger partial charge is 0.459 e. The molecule has 1 N–H and O–H groups in total. The van der Waals surface area contributed by atoms with Crippen LogP contribution in [-0.4, -0.2) is 25.2 Å². The van der Waals surface area contributed by atoms with Gasteiger partial charge in [0.25, 0.3) is 0 Å². The molecule has 14 heavy (non-hydrogen) atoms. The summed E-state index contributed by atoms with van der Waals surface area (Å²) in [5.74, 6) is 0.620. The van der Waals surface area contributed by atoms with Gasteiger partial charge in [-0.05, 0) is 33.7 Å². The number of hydrogen-bond acceptors (Lipinski definition) is 3. The number of nitrogens with one attached hydrogen (secondary N) is 1. The minimum Gasteiger partial charge on any atom is -0.459 e. The number of rotatable bonds is 2. The Morgan fingerprint density at radius 2 is 1.64 bits per heavy atom. The van der Waals surface area contributed by atoms with Gasteiger partial charge in [-0.3, -0.25) is 4.79 Å². The molecule has 0 aliphatic rings. The maximum Gasteiger partial charge on any atom is 0.320 e. The summed E-state index contributed by atoms with van der Waals surface area (Å²) in [4.78, 5) is 10.8. The molecule has 86 valence electrons. The number of carbonyl (C=O) groups excluding carboxylic acids is 1. The highest BCUT2D eigenvalue weighted by atomic mass is 16.6. The third-order valence-corrected chi connectivity index (χ3v) is 0.741. The van der Waals surface area contributed by atoms with Crippen molar-refractivity contribution in [2.24, 2.45) is 5.92 Å². The SMILES string of the molecule is CC(C)C.CNCC(=O)OC(C)(C)C. The van der Waals surface area contributed by atoms with E-state index in [4.69, 9.17) is 4.74 Å². The van der Waals surface area contributed by atoms with Crippen molar-refractivity contribution in [2.45, 2.75) is 47.1 Å². The Kier molecular flexibility index (Phi) is 8.85. The van der Waals surface area contributed by atoms with Gasteiger partial charge < -0.3 is 10.1 Å². The molecule has 0 aromatic heterocycles. The molecule has 0 radical (unpaired) electrons. The normalized spacial score (nSPS) is 10.6. The number of esters is 1. The second kappa shape index (κ2) is 7.80. The summed E-state index contributed by atoms with van der Waals surface area (Å²) in [6.45, 7) is 12.3. The van der Waals surface area contributed by atoms with E-state index in [2.05, 4.69) is 26.1 Å². The zero-order valence-electron chi connectivity index (χ0n) is 10.6. The molecule has 0 saturated heterocycles. The van der Waals surface area contributed by atoms with E-state index < -0.39 is 0 Å². The average molecular weight is 203 g/mol. The first-order valence-corrected chi connectivity index (χ1v) is 5.05. The highest BCUT2D eigenvalue weighted by molar-refractivity contribution is 5.71. The molecule has 0 bridgehead atoms. The summed E-state index contributed by atoms with van der Waals surface area (Å²) in [5, 5.41) is 2.72. The lowest BCUT2D eigenvalue weighted by Gasteiger charge is -2.19. The molecule has 0 unspecified atom stereocenters. The Balaban J connectivity index is 0. The molecule has 0 atom stereocenters. The van der Waals surface area contributed by atoms with Crippen LogP contribution in [0.15, 0.2) is 0 Å². The molecule has 0 spiro atoms. The van der Waals surface area contributed by atoms with Crippen LogP contribution in [0.3, 0.4) is 0 Å². The molecular weight excluding hydrogens is 178 g/mol. The molecule has 3 nitrogen and oxygen atoms in total. The van der Waals surface area contributed by atoms with Gasteiger partial charge in [0.15, 0.2) is 0 Å². The van der Waals surface area contributed by atoms with Crippen LogP contribution in [-0.2, 0) is 9.53 Å². The van der Waals surface area contributed by atoms with Crippen LogP contribution in [0.4, 0.5) is 0 Å². The van der Waals surface area contributed by atoms with Gasteiger partial charge in [-0.25, -0.2) is 0 Å². The summed E-state index contributed by atoms with van der Waals surface area (Å²) in [6.07, 6.45) is 0. The first-order chi connectivity index (χ1) is 6.19. The number of carbonyl (C=O) groups is 1. The Labute approximate surface area is 88.2 Å². The molecule has 0 aliphatic heterocycles. The van der Waals surface area contributed by atoms with E-state index in [1.54, 1.807) is 7.05 Å². The standard InChI is InChI=1S/C7H15NO2.C4H10/c1-7(2,3)10-6(9)5-8-4;1-4(2)3/h8H,5H2,1-4H3;4H,1-3H3. The zero-order chi connectivity index (χ0) is 11.8. The first kappa shape index (κ1) is 15.9. The van der Waals surface area contributed by atoms with E-state index in [1.807, 2.05) is 20.8 Å². The minimum absolute atomic E-state index is 0.213. The van der Waals surface area contributed by atoms with Gasteiger partial charge in [0, 0.05) is 0 Å². The van der Waals surface area contributed by atoms with E-state index in [0.717, 1.165) is 5.92 Å². The van der Waals surface area contributed by atoms with E-state index in [-0.39, 0.29) is 18.1 Å². The van der Waals surface area contributed by atoms with Crippen molar-refractivity contribution in [3.8, 4) is 0 Å². The zero-order valence-corrected chi connectivity index (χ0v) is 10.6. The van der Waals surface area contributed by atoms with Crippen molar-refractivity contribution in [3.63, 3.8) is 0 Å². The van der Waals surface area contributed by atoms with Crippen LogP contribution >= 0.6 is 0 Å². The van der Waals surface area contributed by atoms with Crippen molar-refractivity contribution in [1.82, 2.24) is 5.32 Å². The molecular formula is C11H25NO2. The van der Waals surface area contributed by atoms with E-state index in [0.29, 0.717) is 0 Å². The number of ether oxygens (including phenoxy) is 1. The van der Waals surface area contributed by atoms with Crippen LogP contribution < -0.4 is 5.32 Å². The lowest BCUT2D eigenvalue weighted by Crippen LogP contribution is -2.29. The highest BCUT2D eigenvalue weighted by Crippen LogP contribution is 2.05. The predicted octanol–water partition coefficient (Wildman–Crippen LogP) is 2.21. The molecule has 3 heteroatoms. The van der Waals surface area contributed by atoms with Crippen molar-refractivity contribution in [3.05, 3.63) is 0 Å². The van der Waals surface area contributed by atoms with Crippen molar-refractivity contribution < 1.29 is 9.53 Å². The summed E-state index contributed by atoms with van der Waals surface area (Å²) in [5.41, 5.74) is -0.367. The summed E-state index contributed by atoms with van der Waals surface area (Å²) in [6, 6.07) is 0. The summed E-state index contributed by atoms with van der Waals surface area (Å²) in [7, 11) is 1.71. The predicted molar refractivity (Wildman–Crippen MR) is 60.3 cm³/mol. The van der Waals surface area contributed by atoms with Crippen molar-refractivity contribution in [1.29, 1.82) is 0 Å². The lowest BCUT2D eigenvalue weighted by atomic mass is 10.2. The summed E-state index contributed by atoms with van der Waals surface area (Å²) >= 11 is 0. The van der Waals surface area contributed by atoms with E-state index in [9.17, 15) is 4.79 Å². The second-order valence-corrected chi connectivity index (χ2v) is 4.85. The highest BCUT2D eigenvalue weighted by Gasteiger charge is 2.14. The number of likely N-dealkylation sites (N-methyl/N-ethyl adjacent to an activating group) is 1. The molecule has 0 rings (SSSR count). The Bertz CT molecular complexity index is 145. The first-order valence-electron chi connectivity index (χ1n) is 5.05. The Hall–Kier alpha value is -0.570. The summed E-state index contributed by atoms with van der Waals surface area (Å²) < 4.78 is 4.98. The van der Waals surface area contributed by atoms with Crippen LogP contribution in [0.1, 0.15) is 41.5 Å². The molecule has 0 aliphatic carbocycles. The fourth-order valence-corrected chi connectivity index (χ4v) is 0.522. The fraction of sp³-hybridized carbons (Fsp3) is 0.909. The lowest BCUT2D eigenvalue weighted by molar-refractivity contribution is -0.153. The monoisotopic (exact) mass is 203 g/mol. The van der Waals surface area contributed by atoms with Crippen LogP contribution in [0.25, 0.3) is 0 Å². The van der Waals surface area contributed by atoms with Crippen LogP contribution in [0.5, 0.6) is 0 Å². The second-order valence-electron chi connectivity index (χ2n) is 4.85. The van der Waals surface area contributed by atoms with Gasteiger partial charge in [0.05, 0.1) is 6.54 Å². The van der Waals surface area contributed by atoms with Gasteiger partial charge in [0.2, 0.25) is 0 Å².